The predicted molar refractivity (Wildman–Crippen MR) is 87.0 cm³/mol. The number of halogens is 1. The highest BCUT2D eigenvalue weighted by molar-refractivity contribution is 7.86. The van der Waals surface area contributed by atoms with Crippen LogP contribution >= 0.6 is 11.6 Å². The second-order valence-electron chi connectivity index (χ2n) is 5.46. The molecule has 1 fully saturated rings. The number of nitrogens with one attached hydrogen (secondary N) is 1. The summed E-state index contributed by atoms with van der Waals surface area (Å²) in [5, 5.41) is 3.24. The average Bonchev–Trinajstić information content (AvgIpc) is 2.49. The number of amides is 1. The van der Waals surface area contributed by atoms with Gasteiger partial charge in [-0.1, -0.05) is 23.7 Å². The fraction of sp³-hybridized carbons (Fsp3) is 0.500. The number of piperidine rings is 1. The lowest BCUT2D eigenvalue weighted by Gasteiger charge is -2.32. The lowest BCUT2D eigenvalue weighted by atomic mass is 9.99. The van der Waals surface area contributed by atoms with E-state index in [2.05, 4.69) is 5.32 Å². The van der Waals surface area contributed by atoms with Crippen LogP contribution in [-0.2, 0) is 15.0 Å². The molecule has 0 bridgehead atoms. The molecule has 1 N–H and O–H groups in total. The predicted octanol–water partition coefficient (Wildman–Crippen LogP) is 1.80. The Morgan fingerprint density at radius 1 is 1.36 bits per heavy atom. The SMILES string of the molecule is CN(C)S(=O)(=O)N1CCC[C@@H](C(=O)Nc2ccccc2Cl)C1. The third-order valence-corrected chi connectivity index (χ3v) is 5.91. The molecular formula is C14H20ClN3O3S. The van der Waals surface area contributed by atoms with E-state index in [-0.39, 0.29) is 18.4 Å². The van der Waals surface area contributed by atoms with Gasteiger partial charge in [0.15, 0.2) is 0 Å². The van der Waals surface area contributed by atoms with E-state index in [1.807, 2.05) is 0 Å². The molecular weight excluding hydrogens is 326 g/mol. The largest absolute Gasteiger partial charge is 0.324 e. The zero-order chi connectivity index (χ0) is 16.3. The summed E-state index contributed by atoms with van der Waals surface area (Å²) in [5.41, 5.74) is 0.543. The Morgan fingerprint density at radius 3 is 2.68 bits per heavy atom. The first-order chi connectivity index (χ1) is 10.3. The van der Waals surface area contributed by atoms with Gasteiger partial charge in [0.25, 0.3) is 10.2 Å². The first kappa shape index (κ1) is 17.2. The Bertz CT molecular complexity index is 648. The van der Waals surface area contributed by atoms with Crippen molar-refractivity contribution in [3.05, 3.63) is 29.3 Å². The number of nitrogens with zero attached hydrogens (tertiary/aromatic N) is 2. The standard InChI is InChI=1S/C14H20ClN3O3S/c1-17(2)22(20,21)18-9-5-6-11(10-18)14(19)16-13-8-4-3-7-12(13)15/h3-4,7-8,11H,5-6,9-10H2,1-2H3,(H,16,19)/t11-/m1/s1. The lowest BCUT2D eigenvalue weighted by Crippen LogP contribution is -2.47. The number of benzene rings is 1. The van der Waals surface area contributed by atoms with Crippen LogP contribution in [0.2, 0.25) is 5.02 Å². The Balaban J connectivity index is 2.06. The van der Waals surface area contributed by atoms with Crippen molar-refractivity contribution in [3.8, 4) is 0 Å². The number of rotatable bonds is 4. The zero-order valence-corrected chi connectivity index (χ0v) is 14.2. The quantitative estimate of drug-likeness (QED) is 0.904. The molecule has 0 spiro atoms. The van der Waals surface area contributed by atoms with E-state index < -0.39 is 10.2 Å². The molecule has 1 aliphatic rings. The van der Waals surface area contributed by atoms with E-state index in [0.717, 1.165) is 0 Å². The van der Waals surface area contributed by atoms with Crippen LogP contribution < -0.4 is 5.32 Å². The first-order valence-corrected chi connectivity index (χ1v) is 8.83. The summed E-state index contributed by atoms with van der Waals surface area (Å²) in [7, 11) is -0.509. The number of hydrogen-bond donors (Lipinski definition) is 1. The number of para-hydroxylation sites is 1. The average molecular weight is 346 g/mol. The summed E-state index contributed by atoms with van der Waals surface area (Å²) in [5.74, 6) is -0.577. The van der Waals surface area contributed by atoms with E-state index in [9.17, 15) is 13.2 Å². The fourth-order valence-electron chi connectivity index (χ4n) is 2.39. The third-order valence-electron chi connectivity index (χ3n) is 3.67. The summed E-state index contributed by atoms with van der Waals surface area (Å²) in [4.78, 5) is 12.4. The maximum atomic E-state index is 12.4. The molecule has 2 rings (SSSR count). The molecule has 1 aromatic carbocycles. The molecule has 122 valence electrons. The van der Waals surface area contributed by atoms with Crippen molar-refractivity contribution >= 4 is 33.4 Å². The molecule has 1 heterocycles. The van der Waals surface area contributed by atoms with Crippen molar-refractivity contribution in [2.75, 3.05) is 32.5 Å². The van der Waals surface area contributed by atoms with Crippen LogP contribution in [0, 0.1) is 5.92 Å². The summed E-state index contributed by atoms with van der Waals surface area (Å²) >= 11 is 6.02. The first-order valence-electron chi connectivity index (χ1n) is 7.05. The molecule has 0 unspecified atom stereocenters. The van der Waals surface area contributed by atoms with Gasteiger partial charge in [0.1, 0.15) is 0 Å². The molecule has 1 atom stereocenters. The van der Waals surface area contributed by atoms with Crippen molar-refractivity contribution in [1.82, 2.24) is 8.61 Å². The summed E-state index contributed by atoms with van der Waals surface area (Å²) < 4.78 is 26.9. The highest BCUT2D eigenvalue weighted by Gasteiger charge is 2.33. The van der Waals surface area contributed by atoms with Crippen molar-refractivity contribution < 1.29 is 13.2 Å². The van der Waals surface area contributed by atoms with Crippen molar-refractivity contribution in [1.29, 1.82) is 0 Å². The Morgan fingerprint density at radius 2 is 2.05 bits per heavy atom. The Hall–Kier alpha value is -1.15. The molecule has 22 heavy (non-hydrogen) atoms. The van der Waals surface area contributed by atoms with Crippen LogP contribution in [0.4, 0.5) is 5.69 Å². The Kier molecular flexibility index (Phi) is 5.44. The van der Waals surface area contributed by atoms with Crippen LogP contribution in [0.15, 0.2) is 24.3 Å². The van der Waals surface area contributed by atoms with E-state index >= 15 is 0 Å². The number of hydrogen-bond acceptors (Lipinski definition) is 3. The molecule has 0 radical (unpaired) electrons. The molecule has 0 saturated carbocycles. The Labute approximate surface area is 136 Å². The second kappa shape index (κ2) is 6.95. The molecule has 1 aromatic rings. The minimum Gasteiger partial charge on any atom is -0.324 e. The van der Waals surface area contributed by atoms with Crippen molar-refractivity contribution in [2.24, 2.45) is 5.92 Å². The van der Waals surface area contributed by atoms with Gasteiger partial charge in [0.2, 0.25) is 5.91 Å². The van der Waals surface area contributed by atoms with Crippen LogP contribution in [0.5, 0.6) is 0 Å². The van der Waals surface area contributed by atoms with Gasteiger partial charge in [-0.3, -0.25) is 4.79 Å². The molecule has 0 aromatic heterocycles. The van der Waals surface area contributed by atoms with E-state index in [0.29, 0.717) is 30.1 Å². The minimum atomic E-state index is -3.49. The van der Waals surface area contributed by atoms with Gasteiger partial charge in [-0.25, -0.2) is 0 Å². The topological polar surface area (TPSA) is 69.7 Å². The monoisotopic (exact) mass is 345 g/mol. The second-order valence-corrected chi connectivity index (χ2v) is 8.01. The highest BCUT2D eigenvalue weighted by atomic mass is 35.5. The number of anilines is 1. The smallest absolute Gasteiger partial charge is 0.281 e. The summed E-state index contributed by atoms with van der Waals surface area (Å²) in [6.07, 6.45) is 1.32. The maximum absolute atomic E-state index is 12.4. The van der Waals surface area contributed by atoms with Crippen molar-refractivity contribution in [2.45, 2.75) is 12.8 Å². The van der Waals surface area contributed by atoms with Crippen molar-refractivity contribution in [3.63, 3.8) is 0 Å². The fourth-order valence-corrected chi connectivity index (χ4v) is 3.77. The lowest BCUT2D eigenvalue weighted by molar-refractivity contribution is -0.120. The van der Waals surface area contributed by atoms with Crippen LogP contribution in [0.25, 0.3) is 0 Å². The van der Waals surface area contributed by atoms with Gasteiger partial charge in [0.05, 0.1) is 16.6 Å². The van der Waals surface area contributed by atoms with Gasteiger partial charge in [0, 0.05) is 27.2 Å². The van der Waals surface area contributed by atoms with Gasteiger partial charge in [-0.2, -0.15) is 17.0 Å². The summed E-state index contributed by atoms with van der Waals surface area (Å²) in [6.45, 7) is 0.632. The molecule has 1 amide bonds. The van der Waals surface area contributed by atoms with Gasteiger partial charge in [-0.15, -0.1) is 0 Å². The van der Waals surface area contributed by atoms with E-state index in [4.69, 9.17) is 11.6 Å². The summed E-state index contributed by atoms with van der Waals surface area (Å²) in [6, 6.07) is 6.98. The molecule has 0 aliphatic carbocycles. The molecule has 1 aliphatic heterocycles. The molecule has 1 saturated heterocycles. The van der Waals surface area contributed by atoms with Crippen LogP contribution in [0.1, 0.15) is 12.8 Å². The molecule has 6 nitrogen and oxygen atoms in total. The minimum absolute atomic E-state index is 0.191. The van der Waals surface area contributed by atoms with Gasteiger partial charge in [-0.05, 0) is 25.0 Å². The highest BCUT2D eigenvalue weighted by Crippen LogP contribution is 2.24. The van der Waals surface area contributed by atoms with Gasteiger partial charge < -0.3 is 5.32 Å². The van der Waals surface area contributed by atoms with Gasteiger partial charge >= 0.3 is 0 Å². The van der Waals surface area contributed by atoms with E-state index in [1.165, 1.54) is 22.7 Å². The van der Waals surface area contributed by atoms with Crippen LogP contribution in [0.3, 0.4) is 0 Å². The van der Waals surface area contributed by atoms with Crippen LogP contribution in [-0.4, -0.2) is 50.1 Å². The normalized spacial score (nSPS) is 20.1. The number of carbonyl (C=O) groups excluding carboxylic acids is 1. The number of carbonyl (C=O) groups is 1. The maximum Gasteiger partial charge on any atom is 0.281 e. The zero-order valence-electron chi connectivity index (χ0n) is 12.6. The molecule has 8 heteroatoms. The third kappa shape index (κ3) is 3.78. The van der Waals surface area contributed by atoms with E-state index in [1.54, 1.807) is 24.3 Å².